The van der Waals surface area contributed by atoms with E-state index in [0.29, 0.717) is 18.5 Å². The Hall–Kier alpha value is -1.07. The number of aromatic carboxylic acids is 1. The molecule has 5 heteroatoms. The number of rotatable bonds is 6. The first kappa shape index (κ1) is 15.3. The van der Waals surface area contributed by atoms with Gasteiger partial charge in [-0.25, -0.2) is 4.79 Å². The molecule has 1 fully saturated rings. The van der Waals surface area contributed by atoms with Crippen molar-refractivity contribution in [1.29, 1.82) is 0 Å². The minimum atomic E-state index is -0.969. The Kier molecular flexibility index (Phi) is 5.43. The van der Waals surface area contributed by atoms with Gasteiger partial charge in [-0.1, -0.05) is 15.9 Å². The highest BCUT2D eigenvalue weighted by molar-refractivity contribution is 9.10. The molecule has 0 saturated carbocycles. The van der Waals surface area contributed by atoms with Gasteiger partial charge in [-0.05, 0) is 50.3 Å². The van der Waals surface area contributed by atoms with Crippen LogP contribution in [0.15, 0.2) is 16.6 Å². The Morgan fingerprint density at radius 1 is 1.55 bits per heavy atom. The van der Waals surface area contributed by atoms with Crippen LogP contribution in [0.5, 0.6) is 5.75 Å². The molecule has 0 aromatic heterocycles. The van der Waals surface area contributed by atoms with Gasteiger partial charge in [0.15, 0.2) is 0 Å². The molecule has 1 atom stereocenters. The molecule has 2 rings (SSSR count). The fourth-order valence-electron chi connectivity index (χ4n) is 2.44. The zero-order chi connectivity index (χ0) is 14.5. The standard InChI is InChI=1S/C15H19BrO4/c1-10-8-11(16)9-13(15(17)18)14(10)20-7-3-5-12-4-2-6-19-12/h8-9,12H,2-7H2,1H3,(H,17,18). The van der Waals surface area contributed by atoms with Crippen LogP contribution >= 0.6 is 15.9 Å². The fourth-order valence-corrected chi connectivity index (χ4v) is 3.01. The average Bonchev–Trinajstić information content (AvgIpc) is 2.88. The normalized spacial score (nSPS) is 18.2. The van der Waals surface area contributed by atoms with Gasteiger partial charge in [0, 0.05) is 11.1 Å². The molecular formula is C15H19BrO4. The van der Waals surface area contributed by atoms with Gasteiger partial charge in [-0.2, -0.15) is 0 Å². The first-order chi connectivity index (χ1) is 9.58. The zero-order valence-corrected chi connectivity index (χ0v) is 13.1. The molecule has 0 spiro atoms. The van der Waals surface area contributed by atoms with Crippen LogP contribution in [-0.4, -0.2) is 30.4 Å². The number of carboxylic acid groups (broad SMARTS) is 1. The summed E-state index contributed by atoms with van der Waals surface area (Å²) in [5, 5.41) is 9.22. The summed E-state index contributed by atoms with van der Waals surface area (Å²) in [4.78, 5) is 11.2. The van der Waals surface area contributed by atoms with Crippen molar-refractivity contribution in [3.05, 3.63) is 27.7 Å². The predicted octanol–water partition coefficient (Wildman–Crippen LogP) is 3.79. The summed E-state index contributed by atoms with van der Waals surface area (Å²) in [6.07, 6.45) is 4.46. The van der Waals surface area contributed by atoms with Crippen molar-refractivity contribution in [2.45, 2.75) is 38.7 Å². The molecule has 4 nitrogen and oxygen atoms in total. The highest BCUT2D eigenvalue weighted by Crippen LogP contribution is 2.28. The van der Waals surface area contributed by atoms with Crippen LogP contribution in [0.4, 0.5) is 0 Å². The Labute approximate surface area is 127 Å². The van der Waals surface area contributed by atoms with E-state index in [-0.39, 0.29) is 5.56 Å². The van der Waals surface area contributed by atoms with Crippen LogP contribution in [0, 0.1) is 6.92 Å². The van der Waals surface area contributed by atoms with Gasteiger partial charge in [-0.15, -0.1) is 0 Å². The average molecular weight is 343 g/mol. The van der Waals surface area contributed by atoms with Crippen LogP contribution in [0.25, 0.3) is 0 Å². The van der Waals surface area contributed by atoms with E-state index in [1.807, 2.05) is 13.0 Å². The Morgan fingerprint density at radius 2 is 2.35 bits per heavy atom. The SMILES string of the molecule is Cc1cc(Br)cc(C(=O)O)c1OCCCC1CCCO1. The third-order valence-corrected chi connectivity index (χ3v) is 3.87. The van der Waals surface area contributed by atoms with Crippen LogP contribution < -0.4 is 4.74 Å². The molecular weight excluding hydrogens is 324 g/mol. The molecule has 0 bridgehead atoms. The summed E-state index contributed by atoms with van der Waals surface area (Å²) in [6, 6.07) is 3.44. The van der Waals surface area contributed by atoms with Gasteiger partial charge < -0.3 is 14.6 Å². The molecule has 0 aliphatic carbocycles. The van der Waals surface area contributed by atoms with Crippen molar-refractivity contribution in [2.75, 3.05) is 13.2 Å². The largest absolute Gasteiger partial charge is 0.492 e. The van der Waals surface area contributed by atoms with Crippen molar-refractivity contribution in [2.24, 2.45) is 0 Å². The second-order valence-corrected chi connectivity index (χ2v) is 5.95. The van der Waals surface area contributed by atoms with Crippen molar-refractivity contribution < 1.29 is 19.4 Å². The van der Waals surface area contributed by atoms with Crippen LogP contribution in [0.3, 0.4) is 0 Å². The lowest BCUT2D eigenvalue weighted by molar-refractivity contribution is 0.0690. The van der Waals surface area contributed by atoms with E-state index in [4.69, 9.17) is 9.47 Å². The molecule has 110 valence electrons. The Bertz CT molecular complexity index is 481. The first-order valence-corrected chi connectivity index (χ1v) is 7.65. The molecule has 1 unspecified atom stereocenters. The number of benzene rings is 1. The highest BCUT2D eigenvalue weighted by atomic mass is 79.9. The maximum Gasteiger partial charge on any atom is 0.339 e. The molecule has 1 aromatic rings. The van der Waals surface area contributed by atoms with Crippen molar-refractivity contribution in [1.82, 2.24) is 0 Å². The minimum Gasteiger partial charge on any atom is -0.492 e. The molecule has 1 N–H and O–H groups in total. The molecule has 1 aliphatic heterocycles. The van der Waals surface area contributed by atoms with E-state index >= 15 is 0 Å². The number of ether oxygens (including phenoxy) is 2. The van der Waals surface area contributed by atoms with Crippen LogP contribution in [-0.2, 0) is 4.74 Å². The number of halogens is 1. The van der Waals surface area contributed by atoms with E-state index in [1.54, 1.807) is 6.07 Å². The molecule has 1 aliphatic rings. The first-order valence-electron chi connectivity index (χ1n) is 6.86. The second-order valence-electron chi connectivity index (χ2n) is 5.03. The summed E-state index contributed by atoms with van der Waals surface area (Å²) < 4.78 is 12.0. The predicted molar refractivity (Wildman–Crippen MR) is 79.5 cm³/mol. The van der Waals surface area contributed by atoms with Gasteiger partial charge in [-0.3, -0.25) is 0 Å². The maximum absolute atomic E-state index is 11.2. The van der Waals surface area contributed by atoms with Gasteiger partial charge >= 0.3 is 5.97 Å². The van der Waals surface area contributed by atoms with E-state index in [2.05, 4.69) is 15.9 Å². The molecule has 1 heterocycles. The van der Waals surface area contributed by atoms with Crippen molar-refractivity contribution in [3.8, 4) is 5.75 Å². The van der Waals surface area contributed by atoms with E-state index in [1.165, 1.54) is 0 Å². The molecule has 1 aromatic carbocycles. The van der Waals surface area contributed by atoms with Crippen molar-refractivity contribution >= 4 is 21.9 Å². The lowest BCUT2D eigenvalue weighted by Gasteiger charge is -2.14. The summed E-state index contributed by atoms with van der Waals surface area (Å²) in [5.74, 6) is -0.503. The monoisotopic (exact) mass is 342 g/mol. The lowest BCUT2D eigenvalue weighted by atomic mass is 10.1. The molecule has 20 heavy (non-hydrogen) atoms. The zero-order valence-electron chi connectivity index (χ0n) is 11.5. The third-order valence-electron chi connectivity index (χ3n) is 3.41. The van der Waals surface area contributed by atoms with Gasteiger partial charge in [0.1, 0.15) is 11.3 Å². The molecule has 0 radical (unpaired) electrons. The number of hydrogen-bond donors (Lipinski definition) is 1. The number of aryl methyl sites for hydroxylation is 1. The number of carbonyl (C=O) groups is 1. The minimum absolute atomic E-state index is 0.203. The molecule has 0 amide bonds. The third kappa shape index (κ3) is 3.96. The molecule has 1 saturated heterocycles. The lowest BCUT2D eigenvalue weighted by Crippen LogP contribution is -2.10. The van der Waals surface area contributed by atoms with Gasteiger partial charge in [0.2, 0.25) is 0 Å². The number of carboxylic acids is 1. The van der Waals surface area contributed by atoms with Gasteiger partial charge in [0.05, 0.1) is 12.7 Å². The Balaban J connectivity index is 1.92. The van der Waals surface area contributed by atoms with Crippen molar-refractivity contribution in [3.63, 3.8) is 0 Å². The fraction of sp³-hybridized carbons (Fsp3) is 0.533. The summed E-state index contributed by atoms with van der Waals surface area (Å²) in [7, 11) is 0. The number of hydrogen-bond acceptors (Lipinski definition) is 3. The van der Waals surface area contributed by atoms with E-state index in [0.717, 1.165) is 42.3 Å². The summed E-state index contributed by atoms with van der Waals surface area (Å²) >= 11 is 3.31. The highest BCUT2D eigenvalue weighted by Gasteiger charge is 2.17. The van der Waals surface area contributed by atoms with Gasteiger partial charge in [0.25, 0.3) is 0 Å². The quantitative estimate of drug-likeness (QED) is 0.799. The van der Waals surface area contributed by atoms with E-state index < -0.39 is 5.97 Å². The summed E-state index contributed by atoms with van der Waals surface area (Å²) in [5.41, 5.74) is 1.03. The smallest absolute Gasteiger partial charge is 0.339 e. The topological polar surface area (TPSA) is 55.8 Å². The summed E-state index contributed by atoms with van der Waals surface area (Å²) in [6.45, 7) is 3.23. The van der Waals surface area contributed by atoms with Crippen LogP contribution in [0.2, 0.25) is 0 Å². The maximum atomic E-state index is 11.2. The second kappa shape index (κ2) is 7.09. The van der Waals surface area contributed by atoms with E-state index in [9.17, 15) is 9.90 Å². The van der Waals surface area contributed by atoms with Crippen LogP contribution in [0.1, 0.15) is 41.6 Å². The Morgan fingerprint density at radius 3 is 3.00 bits per heavy atom.